The summed E-state index contributed by atoms with van der Waals surface area (Å²) in [5.41, 5.74) is 0.390. The van der Waals surface area contributed by atoms with Gasteiger partial charge in [0.25, 0.3) is 0 Å². The van der Waals surface area contributed by atoms with Crippen LogP contribution in [-0.4, -0.2) is 54.0 Å². The average molecular weight is 397 g/mol. The molecule has 1 aromatic heterocycles. The molecule has 0 atom stereocenters. The maximum atomic E-state index is 12.1. The quantitative estimate of drug-likeness (QED) is 0.581. The molecule has 1 aromatic carbocycles. The highest BCUT2D eigenvalue weighted by molar-refractivity contribution is 7.99. The van der Waals surface area contributed by atoms with Crippen LogP contribution in [0.5, 0.6) is 17.2 Å². The summed E-state index contributed by atoms with van der Waals surface area (Å²) in [6, 6.07) is 3.29. The molecular weight excluding hydrogens is 374 g/mol. The van der Waals surface area contributed by atoms with Crippen LogP contribution < -0.4 is 19.5 Å². The number of amides is 1. The Labute approximate surface area is 161 Å². The third kappa shape index (κ3) is 5.81. The van der Waals surface area contributed by atoms with Gasteiger partial charge in [-0.3, -0.25) is 4.79 Å². The summed E-state index contributed by atoms with van der Waals surface area (Å²) in [5.74, 6) is -0.213. The molecule has 148 valence electrons. The van der Waals surface area contributed by atoms with Gasteiger partial charge in [0.1, 0.15) is 5.69 Å². The Morgan fingerprint density at radius 1 is 1.15 bits per heavy atom. The zero-order valence-corrected chi connectivity index (χ0v) is 16.6. The van der Waals surface area contributed by atoms with Gasteiger partial charge >= 0.3 is 5.97 Å². The molecule has 10 heteroatoms. The van der Waals surface area contributed by atoms with Crippen molar-refractivity contribution in [1.82, 2.24) is 9.97 Å². The minimum Gasteiger partial charge on any atom is -0.493 e. The molecule has 0 spiro atoms. The van der Waals surface area contributed by atoms with Crippen molar-refractivity contribution in [3.8, 4) is 17.2 Å². The number of anilines is 1. The van der Waals surface area contributed by atoms with Crippen LogP contribution in [0.1, 0.15) is 24.3 Å². The number of hydrogen-bond acceptors (Lipinski definition) is 7. The molecule has 9 nitrogen and oxygen atoms in total. The highest BCUT2D eigenvalue weighted by atomic mass is 32.2. The number of thioether (sulfide) groups is 1. The Bertz CT molecular complexity index is 778. The number of aromatic carboxylic acids is 1. The van der Waals surface area contributed by atoms with Crippen molar-refractivity contribution in [2.45, 2.75) is 19.0 Å². The number of H-pyrrole nitrogens is 1. The third-order valence-corrected chi connectivity index (χ3v) is 3.99. The SMILES string of the molecule is CC.COc1ccc(NC(=O)CSc2ncc(C(=O)O)[nH]2)c(OC)c1OC. The van der Waals surface area contributed by atoms with E-state index in [1.807, 2.05) is 13.8 Å². The topological polar surface area (TPSA) is 123 Å². The number of hydrogen-bond donors (Lipinski definition) is 3. The van der Waals surface area contributed by atoms with Gasteiger partial charge in [-0.05, 0) is 12.1 Å². The van der Waals surface area contributed by atoms with Gasteiger partial charge < -0.3 is 29.6 Å². The smallest absolute Gasteiger partial charge is 0.353 e. The number of nitrogens with one attached hydrogen (secondary N) is 2. The van der Waals surface area contributed by atoms with Gasteiger partial charge in [-0.15, -0.1) is 0 Å². The predicted octanol–water partition coefficient (Wildman–Crippen LogP) is 2.89. The van der Waals surface area contributed by atoms with Crippen molar-refractivity contribution in [3.63, 3.8) is 0 Å². The molecule has 1 amide bonds. The molecule has 2 aromatic rings. The summed E-state index contributed by atoms with van der Waals surface area (Å²) in [7, 11) is 4.43. The van der Waals surface area contributed by atoms with Crippen LogP contribution in [-0.2, 0) is 4.79 Å². The standard InChI is InChI=1S/C15H17N3O6S.C2H6/c1-22-10-5-4-8(12(23-2)13(10)24-3)17-11(19)7-25-15-16-6-9(18-15)14(20)21;1-2/h4-6H,7H2,1-3H3,(H,16,18)(H,17,19)(H,20,21);1-2H3. The molecule has 0 saturated heterocycles. The van der Waals surface area contributed by atoms with Crippen molar-refractivity contribution in [2.75, 3.05) is 32.4 Å². The van der Waals surface area contributed by atoms with Gasteiger partial charge in [-0.2, -0.15) is 0 Å². The Balaban J connectivity index is 0.00000176. The second kappa shape index (κ2) is 11.0. The van der Waals surface area contributed by atoms with Crippen LogP contribution in [0.4, 0.5) is 5.69 Å². The molecule has 0 bridgehead atoms. The number of carboxylic acid groups (broad SMARTS) is 1. The first-order valence-electron chi connectivity index (χ1n) is 8.00. The Morgan fingerprint density at radius 3 is 2.33 bits per heavy atom. The van der Waals surface area contributed by atoms with E-state index in [-0.39, 0.29) is 17.4 Å². The fraction of sp³-hybridized carbons (Fsp3) is 0.353. The zero-order chi connectivity index (χ0) is 20.4. The molecule has 0 aliphatic rings. The van der Waals surface area contributed by atoms with Crippen molar-refractivity contribution < 1.29 is 28.9 Å². The molecule has 2 rings (SSSR count). The van der Waals surface area contributed by atoms with E-state index < -0.39 is 5.97 Å². The van der Waals surface area contributed by atoms with E-state index in [1.54, 1.807) is 12.1 Å². The van der Waals surface area contributed by atoms with E-state index in [1.165, 1.54) is 27.5 Å². The first-order valence-corrected chi connectivity index (χ1v) is 8.98. The number of carboxylic acids is 1. The van der Waals surface area contributed by atoms with Crippen molar-refractivity contribution in [2.24, 2.45) is 0 Å². The average Bonchev–Trinajstić information content (AvgIpc) is 3.17. The lowest BCUT2D eigenvalue weighted by molar-refractivity contribution is -0.113. The van der Waals surface area contributed by atoms with Crippen molar-refractivity contribution in [3.05, 3.63) is 24.0 Å². The Hall–Kier alpha value is -2.88. The van der Waals surface area contributed by atoms with E-state index in [0.717, 1.165) is 11.8 Å². The summed E-state index contributed by atoms with van der Waals surface area (Å²) >= 11 is 1.08. The van der Waals surface area contributed by atoms with Gasteiger partial charge in [0.15, 0.2) is 16.7 Å². The number of carbonyl (C=O) groups excluding carboxylic acids is 1. The maximum Gasteiger partial charge on any atom is 0.353 e. The summed E-state index contributed by atoms with van der Waals surface area (Å²) in [4.78, 5) is 29.4. The van der Waals surface area contributed by atoms with Crippen molar-refractivity contribution >= 4 is 29.3 Å². The van der Waals surface area contributed by atoms with Crippen LogP contribution in [0, 0.1) is 0 Å². The van der Waals surface area contributed by atoms with Crippen LogP contribution in [0.15, 0.2) is 23.5 Å². The summed E-state index contributed by atoms with van der Waals surface area (Å²) in [6.07, 6.45) is 1.19. The Kier molecular flexibility index (Phi) is 9.00. The minimum atomic E-state index is -1.11. The van der Waals surface area contributed by atoms with Crippen LogP contribution in [0.25, 0.3) is 0 Å². The van der Waals surface area contributed by atoms with E-state index in [2.05, 4.69) is 15.3 Å². The summed E-state index contributed by atoms with van der Waals surface area (Å²) in [5, 5.41) is 11.9. The fourth-order valence-corrected chi connectivity index (χ4v) is 2.65. The molecule has 0 aliphatic heterocycles. The molecule has 0 radical (unpaired) electrons. The van der Waals surface area contributed by atoms with Gasteiger partial charge in [-0.25, -0.2) is 9.78 Å². The summed E-state index contributed by atoms with van der Waals surface area (Å²) < 4.78 is 15.7. The molecule has 0 unspecified atom stereocenters. The molecule has 1 heterocycles. The predicted molar refractivity (Wildman–Crippen MR) is 102 cm³/mol. The lowest BCUT2D eigenvalue weighted by Gasteiger charge is -2.16. The van der Waals surface area contributed by atoms with Gasteiger partial charge in [0.05, 0.1) is 39.0 Å². The maximum absolute atomic E-state index is 12.1. The monoisotopic (exact) mass is 397 g/mol. The fourth-order valence-electron chi connectivity index (χ4n) is 2.00. The second-order valence-electron chi connectivity index (χ2n) is 4.63. The van der Waals surface area contributed by atoms with Crippen LogP contribution in [0.2, 0.25) is 0 Å². The number of aromatic amines is 1. The number of benzene rings is 1. The highest BCUT2D eigenvalue weighted by Gasteiger charge is 2.18. The van der Waals surface area contributed by atoms with E-state index in [0.29, 0.717) is 28.1 Å². The largest absolute Gasteiger partial charge is 0.493 e. The van der Waals surface area contributed by atoms with Crippen LogP contribution in [0.3, 0.4) is 0 Å². The number of rotatable bonds is 8. The first-order chi connectivity index (χ1) is 13.0. The molecule has 0 fully saturated rings. The number of imidazole rings is 1. The molecule has 0 saturated carbocycles. The lowest BCUT2D eigenvalue weighted by Crippen LogP contribution is -2.15. The summed E-state index contributed by atoms with van der Waals surface area (Å²) in [6.45, 7) is 4.00. The molecular formula is C17H23N3O6S. The van der Waals surface area contributed by atoms with Crippen molar-refractivity contribution in [1.29, 1.82) is 0 Å². The number of nitrogens with zero attached hydrogens (tertiary/aromatic N) is 1. The van der Waals surface area contributed by atoms with Gasteiger partial charge in [0, 0.05) is 0 Å². The number of methoxy groups -OCH3 is 3. The number of carbonyl (C=O) groups is 2. The van der Waals surface area contributed by atoms with Crippen LogP contribution >= 0.6 is 11.8 Å². The minimum absolute atomic E-state index is 0.0318. The van der Waals surface area contributed by atoms with Gasteiger partial charge in [-0.1, -0.05) is 25.6 Å². The highest BCUT2D eigenvalue weighted by Crippen LogP contribution is 2.42. The normalized spacial score (nSPS) is 9.67. The van der Waals surface area contributed by atoms with E-state index in [4.69, 9.17) is 19.3 Å². The third-order valence-electron chi connectivity index (χ3n) is 3.10. The number of aromatic nitrogens is 2. The molecule has 0 aliphatic carbocycles. The van der Waals surface area contributed by atoms with E-state index >= 15 is 0 Å². The molecule has 27 heavy (non-hydrogen) atoms. The zero-order valence-electron chi connectivity index (χ0n) is 15.8. The second-order valence-corrected chi connectivity index (χ2v) is 5.59. The van der Waals surface area contributed by atoms with Gasteiger partial charge in [0.2, 0.25) is 11.7 Å². The lowest BCUT2D eigenvalue weighted by atomic mass is 10.2. The van der Waals surface area contributed by atoms with E-state index in [9.17, 15) is 9.59 Å². The Morgan fingerprint density at radius 2 is 1.81 bits per heavy atom. The first kappa shape index (κ1) is 22.2. The number of ether oxygens (including phenoxy) is 3. The molecule has 3 N–H and O–H groups in total.